The number of carbonyl (C=O) groups excluding carboxylic acids is 1. The molecule has 1 rings (SSSR count). The van der Waals surface area contributed by atoms with Crippen molar-refractivity contribution in [2.24, 2.45) is 11.7 Å². The summed E-state index contributed by atoms with van der Waals surface area (Å²) in [5, 5.41) is 0. The van der Waals surface area contributed by atoms with Crippen LogP contribution in [-0.2, 0) is 9.53 Å². The zero-order valence-corrected chi connectivity index (χ0v) is 10.5. The normalized spacial score (nSPS) is 28.4. The minimum Gasteiger partial charge on any atom is -0.369 e. The van der Waals surface area contributed by atoms with Crippen molar-refractivity contribution in [2.45, 2.75) is 57.8 Å². The maximum atomic E-state index is 12.1. The van der Waals surface area contributed by atoms with E-state index in [-0.39, 0.29) is 17.3 Å². The summed E-state index contributed by atoms with van der Waals surface area (Å²) in [5.74, 6) is 2.29. The van der Waals surface area contributed by atoms with Crippen LogP contribution in [-0.4, -0.2) is 23.0 Å². The van der Waals surface area contributed by atoms with Crippen LogP contribution in [0.2, 0.25) is 0 Å². The van der Waals surface area contributed by atoms with Gasteiger partial charge >= 0.3 is 0 Å². The van der Waals surface area contributed by atoms with Gasteiger partial charge in [-0.25, -0.2) is 0 Å². The Kier molecular flexibility index (Phi) is 3.47. The number of hydrogen-bond donors (Lipinski definition) is 1. The summed E-state index contributed by atoms with van der Waals surface area (Å²) in [7, 11) is 0. The summed E-state index contributed by atoms with van der Waals surface area (Å²) < 4.78 is 5.87. The molecule has 0 aromatic rings. The van der Waals surface area contributed by atoms with Gasteiger partial charge in [0.2, 0.25) is 0 Å². The largest absolute Gasteiger partial charge is 0.369 e. The first kappa shape index (κ1) is 13.2. The van der Waals surface area contributed by atoms with E-state index in [1.807, 2.05) is 27.7 Å². The van der Waals surface area contributed by atoms with Crippen LogP contribution in [0.15, 0.2) is 0 Å². The molecule has 2 N–H and O–H groups in total. The van der Waals surface area contributed by atoms with Gasteiger partial charge in [0.1, 0.15) is 0 Å². The van der Waals surface area contributed by atoms with E-state index in [0.29, 0.717) is 12.8 Å². The average molecular weight is 223 g/mol. The second-order valence-corrected chi connectivity index (χ2v) is 5.64. The van der Waals surface area contributed by atoms with Gasteiger partial charge in [0.25, 0.3) is 0 Å². The van der Waals surface area contributed by atoms with Crippen molar-refractivity contribution >= 4 is 5.78 Å². The SMILES string of the molecule is C#CCC(N)C(=O)C1CC(C)(C)OC1(C)C. The predicted molar refractivity (Wildman–Crippen MR) is 63.8 cm³/mol. The zero-order valence-electron chi connectivity index (χ0n) is 10.5. The minimum atomic E-state index is -0.563. The van der Waals surface area contributed by atoms with Gasteiger partial charge in [-0.1, -0.05) is 0 Å². The summed E-state index contributed by atoms with van der Waals surface area (Å²) in [6, 6.07) is -0.563. The summed E-state index contributed by atoms with van der Waals surface area (Å²) >= 11 is 0. The third-order valence-corrected chi connectivity index (χ3v) is 3.12. The molecule has 0 bridgehead atoms. The second-order valence-electron chi connectivity index (χ2n) is 5.64. The quantitative estimate of drug-likeness (QED) is 0.738. The molecule has 2 atom stereocenters. The van der Waals surface area contributed by atoms with E-state index in [1.54, 1.807) is 0 Å². The number of nitrogens with two attached hydrogens (primary N) is 1. The van der Waals surface area contributed by atoms with Crippen molar-refractivity contribution in [3.8, 4) is 12.3 Å². The van der Waals surface area contributed by atoms with E-state index in [9.17, 15) is 4.79 Å². The van der Waals surface area contributed by atoms with E-state index < -0.39 is 11.6 Å². The summed E-state index contributed by atoms with van der Waals surface area (Å²) in [6.07, 6.45) is 6.18. The molecule has 3 heteroatoms. The lowest BCUT2D eigenvalue weighted by molar-refractivity contribution is -0.130. The van der Waals surface area contributed by atoms with E-state index in [0.717, 1.165) is 0 Å². The van der Waals surface area contributed by atoms with Crippen LogP contribution in [0.1, 0.15) is 40.5 Å². The molecule has 16 heavy (non-hydrogen) atoms. The first-order valence-electron chi connectivity index (χ1n) is 5.62. The Balaban J connectivity index is 2.82. The Morgan fingerprint density at radius 3 is 2.50 bits per heavy atom. The average Bonchev–Trinajstić information content (AvgIpc) is 2.33. The Morgan fingerprint density at radius 2 is 2.12 bits per heavy atom. The number of terminal acetylenes is 1. The molecular formula is C13H21NO2. The number of hydrogen-bond acceptors (Lipinski definition) is 3. The fraction of sp³-hybridized carbons (Fsp3) is 0.769. The molecule has 0 radical (unpaired) electrons. The van der Waals surface area contributed by atoms with Gasteiger partial charge in [-0.05, 0) is 34.1 Å². The molecule has 0 aromatic heterocycles. The lowest BCUT2D eigenvalue weighted by Crippen LogP contribution is -2.42. The molecule has 1 saturated heterocycles. The zero-order chi connectivity index (χ0) is 12.6. The van der Waals surface area contributed by atoms with Gasteiger partial charge < -0.3 is 10.5 Å². The minimum absolute atomic E-state index is 0.0218. The number of ketones is 1. The topological polar surface area (TPSA) is 52.3 Å². The molecule has 0 spiro atoms. The summed E-state index contributed by atoms with van der Waals surface area (Å²) in [4.78, 5) is 12.1. The lowest BCUT2D eigenvalue weighted by Gasteiger charge is -2.27. The Labute approximate surface area is 97.7 Å². The van der Waals surface area contributed by atoms with Crippen LogP contribution in [0.4, 0.5) is 0 Å². The first-order chi connectivity index (χ1) is 7.19. The maximum Gasteiger partial charge on any atom is 0.156 e. The summed E-state index contributed by atoms with van der Waals surface area (Å²) in [6.45, 7) is 7.86. The predicted octanol–water partition coefficient (Wildman–Crippen LogP) is 1.50. The molecule has 2 unspecified atom stereocenters. The van der Waals surface area contributed by atoms with Gasteiger partial charge in [0.15, 0.2) is 5.78 Å². The number of carbonyl (C=O) groups is 1. The third kappa shape index (κ3) is 2.63. The Morgan fingerprint density at radius 1 is 1.56 bits per heavy atom. The molecular weight excluding hydrogens is 202 g/mol. The van der Waals surface area contributed by atoms with E-state index in [1.165, 1.54) is 0 Å². The molecule has 1 aliphatic heterocycles. The van der Waals surface area contributed by atoms with Crippen LogP contribution in [0.25, 0.3) is 0 Å². The maximum absolute atomic E-state index is 12.1. The van der Waals surface area contributed by atoms with Gasteiger partial charge in [-0.2, -0.15) is 0 Å². The standard InChI is InChI=1S/C13H21NO2/c1-6-7-10(14)11(15)9-8-12(2,3)16-13(9,4)5/h1,9-10H,7-8,14H2,2-5H3. The van der Waals surface area contributed by atoms with Gasteiger partial charge in [0.05, 0.1) is 23.2 Å². The van der Waals surface area contributed by atoms with Crippen LogP contribution < -0.4 is 5.73 Å². The van der Waals surface area contributed by atoms with Crippen molar-refractivity contribution in [1.29, 1.82) is 0 Å². The number of Topliss-reactive ketones (excluding diaryl/α,β-unsaturated/α-hetero) is 1. The van der Waals surface area contributed by atoms with Gasteiger partial charge in [-0.15, -0.1) is 12.3 Å². The van der Waals surface area contributed by atoms with E-state index >= 15 is 0 Å². The van der Waals surface area contributed by atoms with E-state index in [2.05, 4.69) is 5.92 Å². The third-order valence-electron chi connectivity index (χ3n) is 3.12. The highest BCUT2D eigenvalue weighted by atomic mass is 16.5. The fourth-order valence-corrected chi connectivity index (χ4v) is 2.49. The van der Waals surface area contributed by atoms with Crippen LogP contribution in [0.3, 0.4) is 0 Å². The molecule has 0 amide bonds. The lowest BCUT2D eigenvalue weighted by atomic mass is 9.81. The Bertz CT molecular complexity index is 325. The van der Waals surface area contributed by atoms with Crippen molar-refractivity contribution in [3.05, 3.63) is 0 Å². The number of ether oxygens (including phenoxy) is 1. The molecule has 0 aromatic carbocycles. The first-order valence-corrected chi connectivity index (χ1v) is 5.62. The fourth-order valence-electron chi connectivity index (χ4n) is 2.49. The van der Waals surface area contributed by atoms with Crippen molar-refractivity contribution in [3.63, 3.8) is 0 Å². The van der Waals surface area contributed by atoms with Gasteiger partial charge in [-0.3, -0.25) is 4.79 Å². The summed E-state index contributed by atoms with van der Waals surface area (Å²) in [5.41, 5.74) is 5.05. The van der Waals surface area contributed by atoms with Crippen molar-refractivity contribution in [2.75, 3.05) is 0 Å². The highest BCUT2D eigenvalue weighted by Crippen LogP contribution is 2.42. The molecule has 3 nitrogen and oxygen atoms in total. The van der Waals surface area contributed by atoms with Gasteiger partial charge in [0, 0.05) is 6.42 Å². The molecule has 1 heterocycles. The van der Waals surface area contributed by atoms with Crippen molar-refractivity contribution in [1.82, 2.24) is 0 Å². The monoisotopic (exact) mass is 223 g/mol. The van der Waals surface area contributed by atoms with E-state index in [4.69, 9.17) is 16.9 Å². The molecule has 1 fully saturated rings. The highest BCUT2D eigenvalue weighted by molar-refractivity contribution is 5.87. The Hall–Kier alpha value is -0.850. The van der Waals surface area contributed by atoms with Crippen LogP contribution in [0.5, 0.6) is 0 Å². The van der Waals surface area contributed by atoms with Crippen LogP contribution >= 0.6 is 0 Å². The molecule has 1 aliphatic rings. The van der Waals surface area contributed by atoms with Crippen molar-refractivity contribution < 1.29 is 9.53 Å². The molecule has 0 aliphatic carbocycles. The number of rotatable bonds is 3. The smallest absolute Gasteiger partial charge is 0.156 e. The highest BCUT2D eigenvalue weighted by Gasteiger charge is 2.49. The molecule has 0 saturated carbocycles. The van der Waals surface area contributed by atoms with Crippen LogP contribution in [0, 0.1) is 18.3 Å². The molecule has 90 valence electrons. The second kappa shape index (κ2) is 4.20.